The molecule has 2 heterocycles. The number of carbonyl (C=O) groups is 2. The molecule has 0 spiro atoms. The van der Waals surface area contributed by atoms with E-state index in [-0.39, 0.29) is 18.1 Å². The topological polar surface area (TPSA) is 46.2 Å². The molecule has 1 N–H and O–H groups in total. The summed E-state index contributed by atoms with van der Waals surface area (Å²) in [5.41, 5.74) is 0.957. The third kappa shape index (κ3) is 3.67. The molecule has 154 valence electrons. The summed E-state index contributed by atoms with van der Waals surface area (Å²) in [6.45, 7) is 0. The van der Waals surface area contributed by atoms with E-state index in [1.807, 2.05) is 65.4 Å². The summed E-state index contributed by atoms with van der Waals surface area (Å²) >= 11 is 9.03. The minimum atomic E-state index is -0.879. The van der Waals surface area contributed by atoms with Gasteiger partial charge < -0.3 is 5.32 Å². The molecule has 5 rings (SSSR count). The highest BCUT2D eigenvalue weighted by Crippen LogP contribution is 2.42. The Kier molecular flexibility index (Phi) is 5.34. The van der Waals surface area contributed by atoms with E-state index in [4.69, 9.17) is 11.6 Å². The first-order valence-corrected chi connectivity index (χ1v) is 12.0. The van der Waals surface area contributed by atoms with Crippen LogP contribution in [0.25, 0.3) is 10.8 Å². The van der Waals surface area contributed by atoms with Gasteiger partial charge in [0.1, 0.15) is 5.25 Å². The highest BCUT2D eigenvalue weighted by molar-refractivity contribution is 8.01. The Morgan fingerprint density at radius 1 is 0.935 bits per heavy atom. The summed E-state index contributed by atoms with van der Waals surface area (Å²) in [7, 11) is 0. The van der Waals surface area contributed by atoms with E-state index < -0.39 is 10.8 Å². The van der Waals surface area contributed by atoms with Crippen LogP contribution < -0.4 is 5.32 Å². The standard InChI is InChI=1S/C25H18ClNO2S2/c26-20-7-3-4-8-22(20)31-23-21(28)14-25(27-24(23)29,19-11-12-30-15-19)18-10-9-16-5-1-2-6-17(16)13-18/h1-13,15,23H,14H2,(H,27,29). The highest BCUT2D eigenvalue weighted by atomic mass is 35.5. The van der Waals surface area contributed by atoms with Crippen LogP contribution in [0.5, 0.6) is 0 Å². The lowest BCUT2D eigenvalue weighted by Crippen LogP contribution is -2.57. The molecular weight excluding hydrogens is 446 g/mol. The molecule has 0 saturated carbocycles. The molecule has 1 aliphatic heterocycles. The smallest absolute Gasteiger partial charge is 0.242 e. The highest BCUT2D eigenvalue weighted by Gasteiger charge is 2.47. The largest absolute Gasteiger partial charge is 0.341 e. The van der Waals surface area contributed by atoms with Crippen LogP contribution in [0.1, 0.15) is 17.5 Å². The summed E-state index contributed by atoms with van der Waals surface area (Å²) in [5, 5.41) is 9.10. The quantitative estimate of drug-likeness (QED) is 0.375. The molecule has 2 unspecified atom stereocenters. The van der Waals surface area contributed by atoms with Crippen LogP contribution in [-0.4, -0.2) is 16.9 Å². The van der Waals surface area contributed by atoms with Crippen molar-refractivity contribution in [3.05, 3.63) is 99.7 Å². The SMILES string of the molecule is O=C1CC(c2ccsc2)(c2ccc3ccccc3c2)NC(=O)C1Sc1ccccc1Cl. The van der Waals surface area contributed by atoms with Gasteiger partial charge in [-0.3, -0.25) is 9.59 Å². The van der Waals surface area contributed by atoms with Gasteiger partial charge in [-0.1, -0.05) is 60.1 Å². The number of rotatable bonds is 4. The minimum Gasteiger partial charge on any atom is -0.341 e. The molecular formula is C25H18ClNO2S2. The number of thioether (sulfide) groups is 1. The molecule has 3 nitrogen and oxygen atoms in total. The second-order valence-corrected chi connectivity index (χ2v) is 9.87. The second kappa shape index (κ2) is 8.15. The van der Waals surface area contributed by atoms with Crippen molar-refractivity contribution in [3.8, 4) is 0 Å². The lowest BCUT2D eigenvalue weighted by molar-refractivity contribution is -0.132. The number of hydrogen-bond donors (Lipinski definition) is 1. The number of carbonyl (C=O) groups excluding carboxylic acids is 2. The van der Waals surface area contributed by atoms with Crippen molar-refractivity contribution in [2.75, 3.05) is 0 Å². The van der Waals surface area contributed by atoms with Crippen molar-refractivity contribution in [1.82, 2.24) is 5.32 Å². The lowest BCUT2D eigenvalue weighted by atomic mass is 9.76. The summed E-state index contributed by atoms with van der Waals surface area (Å²) in [6.07, 6.45) is 0.190. The zero-order chi connectivity index (χ0) is 21.4. The third-order valence-electron chi connectivity index (χ3n) is 5.64. The number of halogens is 1. The average Bonchev–Trinajstić information content (AvgIpc) is 3.32. The normalized spacial score (nSPS) is 21.3. The zero-order valence-electron chi connectivity index (χ0n) is 16.4. The summed E-state index contributed by atoms with van der Waals surface area (Å²) < 4.78 is 0. The monoisotopic (exact) mass is 463 g/mol. The molecule has 6 heteroatoms. The minimum absolute atomic E-state index is 0.104. The maximum absolute atomic E-state index is 13.3. The van der Waals surface area contributed by atoms with Crippen LogP contribution >= 0.6 is 34.7 Å². The molecule has 3 aromatic carbocycles. The summed E-state index contributed by atoms with van der Waals surface area (Å²) in [6, 6.07) is 23.5. The van der Waals surface area contributed by atoms with Gasteiger partial charge in [0.25, 0.3) is 0 Å². The van der Waals surface area contributed by atoms with Crippen LogP contribution in [0, 0.1) is 0 Å². The Morgan fingerprint density at radius 3 is 2.45 bits per heavy atom. The molecule has 31 heavy (non-hydrogen) atoms. The molecule has 0 aliphatic carbocycles. The van der Waals surface area contributed by atoms with E-state index in [0.717, 1.165) is 26.8 Å². The number of fused-ring (bicyclic) bond motifs is 1. The number of amides is 1. The van der Waals surface area contributed by atoms with E-state index in [1.54, 1.807) is 17.4 Å². The van der Waals surface area contributed by atoms with Crippen LogP contribution in [0.15, 0.2) is 88.5 Å². The van der Waals surface area contributed by atoms with Gasteiger partial charge in [0.15, 0.2) is 5.78 Å². The zero-order valence-corrected chi connectivity index (χ0v) is 18.8. The van der Waals surface area contributed by atoms with Gasteiger partial charge in [-0.05, 0) is 56.9 Å². The number of thiophene rings is 1. The fourth-order valence-corrected chi connectivity index (χ4v) is 6.06. The summed E-state index contributed by atoms with van der Waals surface area (Å²) in [5.74, 6) is -0.395. The maximum atomic E-state index is 13.3. The first kappa shape index (κ1) is 20.3. The Morgan fingerprint density at radius 2 is 1.71 bits per heavy atom. The first-order chi connectivity index (χ1) is 15.1. The van der Waals surface area contributed by atoms with Crippen LogP contribution in [-0.2, 0) is 15.1 Å². The predicted octanol–water partition coefficient (Wildman–Crippen LogP) is 6.05. The van der Waals surface area contributed by atoms with Crippen LogP contribution in [0.2, 0.25) is 5.02 Å². The fraction of sp³-hybridized carbons (Fsp3) is 0.120. The van der Waals surface area contributed by atoms with Crippen molar-refractivity contribution < 1.29 is 9.59 Å². The van der Waals surface area contributed by atoms with Crippen molar-refractivity contribution in [1.29, 1.82) is 0 Å². The number of Topliss-reactive ketones (excluding diaryl/α,β-unsaturated/α-hetero) is 1. The Balaban J connectivity index is 1.55. The molecule has 1 saturated heterocycles. The number of nitrogens with one attached hydrogen (secondary N) is 1. The maximum Gasteiger partial charge on any atom is 0.242 e. The molecule has 1 aliphatic rings. The van der Waals surface area contributed by atoms with E-state index in [2.05, 4.69) is 17.4 Å². The number of ketones is 1. The van der Waals surface area contributed by atoms with Crippen molar-refractivity contribution >= 4 is 57.2 Å². The number of piperidine rings is 1. The van der Waals surface area contributed by atoms with E-state index >= 15 is 0 Å². The Bertz CT molecular complexity index is 1270. The molecule has 0 radical (unpaired) electrons. The molecule has 2 atom stereocenters. The number of benzene rings is 3. The van der Waals surface area contributed by atoms with Crippen molar-refractivity contribution in [2.24, 2.45) is 0 Å². The second-order valence-electron chi connectivity index (χ2n) is 7.54. The Hall–Kier alpha value is -2.60. The van der Waals surface area contributed by atoms with Gasteiger partial charge >= 0.3 is 0 Å². The van der Waals surface area contributed by atoms with Crippen LogP contribution in [0.4, 0.5) is 0 Å². The molecule has 1 aromatic heterocycles. The molecule has 1 amide bonds. The molecule has 0 bridgehead atoms. The van der Waals surface area contributed by atoms with E-state index in [9.17, 15) is 9.59 Å². The molecule has 4 aromatic rings. The average molecular weight is 464 g/mol. The predicted molar refractivity (Wildman–Crippen MR) is 128 cm³/mol. The van der Waals surface area contributed by atoms with Gasteiger partial charge in [0.05, 0.1) is 10.6 Å². The number of hydrogen-bond acceptors (Lipinski definition) is 4. The fourth-order valence-electron chi connectivity index (χ4n) is 4.08. The van der Waals surface area contributed by atoms with Crippen LogP contribution in [0.3, 0.4) is 0 Å². The van der Waals surface area contributed by atoms with Gasteiger partial charge in [-0.2, -0.15) is 11.3 Å². The van der Waals surface area contributed by atoms with Crippen molar-refractivity contribution in [2.45, 2.75) is 22.1 Å². The third-order valence-corrected chi connectivity index (χ3v) is 8.09. The van der Waals surface area contributed by atoms with Gasteiger partial charge in [0, 0.05) is 11.3 Å². The van der Waals surface area contributed by atoms with E-state index in [1.165, 1.54) is 11.8 Å². The Labute approximate surface area is 193 Å². The van der Waals surface area contributed by atoms with E-state index in [0.29, 0.717) is 5.02 Å². The van der Waals surface area contributed by atoms with Crippen molar-refractivity contribution in [3.63, 3.8) is 0 Å². The van der Waals surface area contributed by atoms with Gasteiger partial charge in [-0.25, -0.2) is 0 Å². The van der Waals surface area contributed by atoms with Gasteiger partial charge in [0.2, 0.25) is 5.91 Å². The lowest BCUT2D eigenvalue weighted by Gasteiger charge is -2.40. The summed E-state index contributed by atoms with van der Waals surface area (Å²) in [4.78, 5) is 27.4. The first-order valence-electron chi connectivity index (χ1n) is 9.85. The molecule has 1 fully saturated rings. The van der Waals surface area contributed by atoms with Gasteiger partial charge in [-0.15, -0.1) is 11.8 Å².